The molecule has 1 unspecified atom stereocenters. The number of benzene rings is 2. The normalized spacial score (nSPS) is 12.3. The molecule has 2 nitrogen and oxygen atoms in total. The van der Waals surface area contributed by atoms with Crippen LogP contribution in [-0.4, -0.2) is 13.2 Å². The van der Waals surface area contributed by atoms with E-state index in [0.29, 0.717) is 13.2 Å². The second-order valence-corrected chi connectivity index (χ2v) is 5.28. The third-order valence-electron chi connectivity index (χ3n) is 3.51. The van der Waals surface area contributed by atoms with Crippen LogP contribution in [0, 0.1) is 13.8 Å². The summed E-state index contributed by atoms with van der Waals surface area (Å²) in [6.07, 6.45) is 0.931. The fourth-order valence-corrected chi connectivity index (χ4v) is 2.29. The van der Waals surface area contributed by atoms with E-state index >= 15 is 0 Å². The molecule has 2 N–H and O–H groups in total. The Labute approximate surface area is 121 Å². The largest absolute Gasteiger partial charge is 0.379 e. The summed E-state index contributed by atoms with van der Waals surface area (Å²) < 4.78 is 5.72. The molecular formula is C18H23NO. The molecule has 0 spiro atoms. The van der Waals surface area contributed by atoms with E-state index in [-0.39, 0.29) is 6.04 Å². The van der Waals surface area contributed by atoms with Crippen LogP contribution in [0.1, 0.15) is 28.3 Å². The van der Waals surface area contributed by atoms with Gasteiger partial charge in [0.1, 0.15) is 0 Å². The van der Waals surface area contributed by atoms with Gasteiger partial charge in [0.25, 0.3) is 0 Å². The lowest BCUT2D eigenvalue weighted by Crippen LogP contribution is -2.19. The van der Waals surface area contributed by atoms with E-state index in [1.54, 1.807) is 0 Å². The van der Waals surface area contributed by atoms with Crippen molar-refractivity contribution in [3.8, 4) is 0 Å². The third kappa shape index (κ3) is 4.19. The first kappa shape index (κ1) is 14.8. The van der Waals surface area contributed by atoms with Gasteiger partial charge in [-0.2, -0.15) is 0 Å². The van der Waals surface area contributed by atoms with Gasteiger partial charge in [-0.3, -0.25) is 0 Å². The van der Waals surface area contributed by atoms with Crippen molar-refractivity contribution in [3.05, 3.63) is 70.8 Å². The second-order valence-electron chi connectivity index (χ2n) is 5.28. The van der Waals surface area contributed by atoms with Crippen LogP contribution in [0.3, 0.4) is 0 Å². The Balaban J connectivity index is 1.80. The number of hydrogen-bond acceptors (Lipinski definition) is 2. The SMILES string of the molecule is Cc1ccc(C)c(C(N)COCCc2ccccc2)c1. The standard InChI is InChI=1S/C18H23NO/c1-14-8-9-15(2)17(12-14)18(19)13-20-11-10-16-6-4-3-5-7-16/h3-9,12,18H,10-11,13,19H2,1-2H3. The molecule has 1 atom stereocenters. The molecule has 0 heterocycles. The summed E-state index contributed by atoms with van der Waals surface area (Å²) >= 11 is 0. The van der Waals surface area contributed by atoms with Gasteiger partial charge >= 0.3 is 0 Å². The number of hydrogen-bond donors (Lipinski definition) is 1. The van der Waals surface area contributed by atoms with Crippen LogP contribution >= 0.6 is 0 Å². The lowest BCUT2D eigenvalue weighted by atomic mass is 10.00. The lowest BCUT2D eigenvalue weighted by molar-refractivity contribution is 0.123. The van der Waals surface area contributed by atoms with Crippen molar-refractivity contribution < 1.29 is 4.74 Å². The average molecular weight is 269 g/mol. The van der Waals surface area contributed by atoms with E-state index in [1.165, 1.54) is 22.3 Å². The summed E-state index contributed by atoms with van der Waals surface area (Å²) in [6.45, 7) is 5.46. The van der Waals surface area contributed by atoms with Crippen molar-refractivity contribution in [2.24, 2.45) is 5.73 Å². The Kier molecular flexibility index (Phi) is 5.33. The van der Waals surface area contributed by atoms with Crippen molar-refractivity contribution in [1.82, 2.24) is 0 Å². The van der Waals surface area contributed by atoms with E-state index in [2.05, 4.69) is 56.3 Å². The zero-order chi connectivity index (χ0) is 14.4. The van der Waals surface area contributed by atoms with Crippen molar-refractivity contribution in [2.75, 3.05) is 13.2 Å². The molecule has 2 rings (SSSR count). The smallest absolute Gasteiger partial charge is 0.0659 e. The molecule has 0 aliphatic carbocycles. The zero-order valence-corrected chi connectivity index (χ0v) is 12.3. The highest BCUT2D eigenvalue weighted by atomic mass is 16.5. The lowest BCUT2D eigenvalue weighted by Gasteiger charge is -2.16. The predicted molar refractivity (Wildman–Crippen MR) is 83.8 cm³/mol. The van der Waals surface area contributed by atoms with Crippen LogP contribution in [0.2, 0.25) is 0 Å². The number of rotatable bonds is 6. The Hall–Kier alpha value is -1.64. The molecule has 2 heteroatoms. The highest BCUT2D eigenvalue weighted by Crippen LogP contribution is 2.17. The zero-order valence-electron chi connectivity index (χ0n) is 12.3. The van der Waals surface area contributed by atoms with E-state index in [4.69, 9.17) is 10.5 Å². The van der Waals surface area contributed by atoms with E-state index in [1.807, 2.05) is 6.07 Å². The molecule has 0 saturated carbocycles. The Morgan fingerprint density at radius 3 is 2.55 bits per heavy atom. The van der Waals surface area contributed by atoms with Crippen molar-refractivity contribution in [2.45, 2.75) is 26.3 Å². The van der Waals surface area contributed by atoms with E-state index in [9.17, 15) is 0 Å². The number of ether oxygens (including phenoxy) is 1. The topological polar surface area (TPSA) is 35.2 Å². The first-order chi connectivity index (χ1) is 9.66. The summed E-state index contributed by atoms with van der Waals surface area (Å²) in [5.74, 6) is 0. The molecule has 0 aliphatic rings. The maximum atomic E-state index is 6.22. The molecule has 0 fully saturated rings. The first-order valence-corrected chi connectivity index (χ1v) is 7.11. The predicted octanol–water partition coefficient (Wildman–Crippen LogP) is 3.56. The highest BCUT2D eigenvalue weighted by Gasteiger charge is 2.09. The van der Waals surface area contributed by atoms with Crippen molar-refractivity contribution >= 4 is 0 Å². The van der Waals surface area contributed by atoms with E-state index in [0.717, 1.165) is 6.42 Å². The molecule has 20 heavy (non-hydrogen) atoms. The highest BCUT2D eigenvalue weighted by molar-refractivity contribution is 5.32. The van der Waals surface area contributed by atoms with Crippen LogP contribution in [0.4, 0.5) is 0 Å². The van der Waals surface area contributed by atoms with Crippen molar-refractivity contribution in [3.63, 3.8) is 0 Å². The summed E-state index contributed by atoms with van der Waals surface area (Å²) in [5.41, 5.74) is 11.2. The molecule has 0 bridgehead atoms. The van der Waals surface area contributed by atoms with Gasteiger partial charge in [-0.15, -0.1) is 0 Å². The quantitative estimate of drug-likeness (QED) is 0.814. The fourth-order valence-electron chi connectivity index (χ4n) is 2.29. The molecule has 0 aromatic heterocycles. The van der Waals surface area contributed by atoms with Crippen LogP contribution in [-0.2, 0) is 11.2 Å². The number of nitrogens with two attached hydrogens (primary N) is 1. The van der Waals surface area contributed by atoms with Crippen LogP contribution in [0.15, 0.2) is 48.5 Å². The van der Waals surface area contributed by atoms with Gasteiger partial charge in [0.15, 0.2) is 0 Å². The van der Waals surface area contributed by atoms with Crippen LogP contribution in [0.5, 0.6) is 0 Å². The summed E-state index contributed by atoms with van der Waals surface area (Å²) in [6, 6.07) is 16.7. The third-order valence-corrected chi connectivity index (χ3v) is 3.51. The molecule has 2 aromatic carbocycles. The van der Waals surface area contributed by atoms with Gasteiger partial charge < -0.3 is 10.5 Å². The minimum atomic E-state index is -0.0503. The maximum absolute atomic E-state index is 6.22. The molecule has 106 valence electrons. The molecule has 0 amide bonds. The summed E-state index contributed by atoms with van der Waals surface area (Å²) in [4.78, 5) is 0. The van der Waals surface area contributed by atoms with Gasteiger partial charge in [-0.05, 0) is 37.0 Å². The van der Waals surface area contributed by atoms with Gasteiger partial charge in [-0.25, -0.2) is 0 Å². The molecular weight excluding hydrogens is 246 g/mol. The summed E-state index contributed by atoms with van der Waals surface area (Å²) in [7, 11) is 0. The Morgan fingerprint density at radius 2 is 1.80 bits per heavy atom. The van der Waals surface area contributed by atoms with E-state index < -0.39 is 0 Å². The van der Waals surface area contributed by atoms with Crippen molar-refractivity contribution in [1.29, 1.82) is 0 Å². The first-order valence-electron chi connectivity index (χ1n) is 7.11. The monoisotopic (exact) mass is 269 g/mol. The molecule has 2 aromatic rings. The summed E-state index contributed by atoms with van der Waals surface area (Å²) in [5, 5.41) is 0. The van der Waals surface area contributed by atoms with Crippen LogP contribution in [0.25, 0.3) is 0 Å². The molecule has 0 radical (unpaired) electrons. The minimum Gasteiger partial charge on any atom is -0.379 e. The number of aryl methyl sites for hydroxylation is 2. The second kappa shape index (κ2) is 7.22. The Bertz CT molecular complexity index is 536. The maximum Gasteiger partial charge on any atom is 0.0659 e. The van der Waals surface area contributed by atoms with Gasteiger partial charge in [0.2, 0.25) is 0 Å². The van der Waals surface area contributed by atoms with Gasteiger partial charge in [0.05, 0.1) is 19.3 Å². The molecule has 0 aliphatic heterocycles. The Morgan fingerprint density at radius 1 is 1.05 bits per heavy atom. The van der Waals surface area contributed by atoms with Gasteiger partial charge in [-0.1, -0.05) is 54.1 Å². The fraction of sp³-hybridized carbons (Fsp3) is 0.333. The average Bonchev–Trinajstić information content (AvgIpc) is 2.47. The van der Waals surface area contributed by atoms with Gasteiger partial charge in [0, 0.05) is 0 Å². The van der Waals surface area contributed by atoms with Crippen LogP contribution < -0.4 is 5.73 Å². The minimum absolute atomic E-state index is 0.0503. The molecule has 0 saturated heterocycles.